The summed E-state index contributed by atoms with van der Waals surface area (Å²) in [6.07, 6.45) is 3.98. The standard InChI is InChI=1S/C14H18ClN3O2/c1-9(2)13(14(19)20-3)18-11-5-7-16-8-10(11)17-12(18)4-6-15/h5,7-9,13H,4,6H2,1-3H3. The summed E-state index contributed by atoms with van der Waals surface area (Å²) in [6, 6.07) is 1.45. The third-order valence-corrected chi connectivity index (χ3v) is 3.42. The first-order valence-electron chi connectivity index (χ1n) is 6.54. The molecule has 0 spiro atoms. The van der Waals surface area contributed by atoms with Crippen molar-refractivity contribution in [2.45, 2.75) is 26.3 Å². The zero-order chi connectivity index (χ0) is 14.7. The molecule has 0 aliphatic rings. The minimum absolute atomic E-state index is 0.0853. The summed E-state index contributed by atoms with van der Waals surface area (Å²) in [5.41, 5.74) is 1.64. The number of carbonyl (C=O) groups is 1. The monoisotopic (exact) mass is 295 g/mol. The second-order valence-corrected chi connectivity index (χ2v) is 5.29. The molecule has 1 atom stereocenters. The van der Waals surface area contributed by atoms with Gasteiger partial charge in [0.15, 0.2) is 0 Å². The molecule has 0 bridgehead atoms. The van der Waals surface area contributed by atoms with Crippen LogP contribution in [-0.2, 0) is 16.0 Å². The Morgan fingerprint density at radius 2 is 2.25 bits per heavy atom. The van der Waals surface area contributed by atoms with Gasteiger partial charge in [-0.1, -0.05) is 13.8 Å². The van der Waals surface area contributed by atoms with E-state index in [-0.39, 0.29) is 11.9 Å². The fraction of sp³-hybridized carbons (Fsp3) is 0.500. The highest BCUT2D eigenvalue weighted by Crippen LogP contribution is 2.27. The summed E-state index contributed by atoms with van der Waals surface area (Å²) in [4.78, 5) is 20.7. The minimum Gasteiger partial charge on any atom is -0.467 e. The van der Waals surface area contributed by atoms with Gasteiger partial charge in [0.25, 0.3) is 0 Å². The topological polar surface area (TPSA) is 57.0 Å². The van der Waals surface area contributed by atoms with Gasteiger partial charge in [0.05, 0.1) is 18.8 Å². The van der Waals surface area contributed by atoms with E-state index in [1.807, 2.05) is 24.5 Å². The van der Waals surface area contributed by atoms with Crippen LogP contribution in [0.15, 0.2) is 18.5 Å². The van der Waals surface area contributed by atoms with Gasteiger partial charge in [0, 0.05) is 18.5 Å². The van der Waals surface area contributed by atoms with E-state index in [0.717, 1.165) is 16.9 Å². The van der Waals surface area contributed by atoms with Crippen molar-refractivity contribution in [1.82, 2.24) is 14.5 Å². The van der Waals surface area contributed by atoms with Crippen molar-refractivity contribution in [3.05, 3.63) is 24.3 Å². The fourth-order valence-corrected chi connectivity index (χ4v) is 2.54. The normalized spacial score (nSPS) is 12.8. The zero-order valence-electron chi connectivity index (χ0n) is 11.8. The van der Waals surface area contributed by atoms with Crippen LogP contribution in [0, 0.1) is 5.92 Å². The van der Waals surface area contributed by atoms with Crippen molar-refractivity contribution in [1.29, 1.82) is 0 Å². The maximum absolute atomic E-state index is 12.1. The average molecular weight is 296 g/mol. The summed E-state index contributed by atoms with van der Waals surface area (Å²) in [5.74, 6) is 1.05. The molecule has 0 saturated carbocycles. The van der Waals surface area contributed by atoms with E-state index in [9.17, 15) is 4.79 Å². The number of aryl methyl sites for hydroxylation is 1. The molecule has 0 amide bonds. The first-order chi connectivity index (χ1) is 9.60. The predicted molar refractivity (Wildman–Crippen MR) is 77.8 cm³/mol. The summed E-state index contributed by atoms with van der Waals surface area (Å²) < 4.78 is 6.87. The van der Waals surface area contributed by atoms with Gasteiger partial charge < -0.3 is 9.30 Å². The number of carbonyl (C=O) groups excluding carboxylic acids is 1. The van der Waals surface area contributed by atoms with Crippen LogP contribution >= 0.6 is 11.6 Å². The minimum atomic E-state index is -0.411. The number of alkyl halides is 1. The van der Waals surface area contributed by atoms with Crippen LogP contribution < -0.4 is 0 Å². The van der Waals surface area contributed by atoms with E-state index in [2.05, 4.69) is 9.97 Å². The zero-order valence-corrected chi connectivity index (χ0v) is 12.6. The number of imidazole rings is 1. The van der Waals surface area contributed by atoms with Crippen molar-refractivity contribution >= 4 is 28.6 Å². The maximum Gasteiger partial charge on any atom is 0.329 e. The number of hydrogen-bond donors (Lipinski definition) is 0. The summed E-state index contributed by atoms with van der Waals surface area (Å²) in [5, 5.41) is 0. The molecule has 0 saturated heterocycles. The lowest BCUT2D eigenvalue weighted by atomic mass is 10.0. The number of esters is 1. The molecule has 2 heterocycles. The van der Waals surface area contributed by atoms with Crippen LogP contribution in [0.3, 0.4) is 0 Å². The lowest BCUT2D eigenvalue weighted by molar-refractivity contribution is -0.145. The molecule has 1 unspecified atom stereocenters. The van der Waals surface area contributed by atoms with Crippen molar-refractivity contribution in [3.63, 3.8) is 0 Å². The number of aromatic nitrogens is 3. The Morgan fingerprint density at radius 3 is 2.85 bits per heavy atom. The molecule has 2 rings (SSSR count). The van der Waals surface area contributed by atoms with E-state index in [1.54, 1.807) is 12.4 Å². The third kappa shape index (κ3) is 2.63. The molecule has 2 aromatic rings. The predicted octanol–water partition coefficient (Wildman–Crippen LogP) is 2.58. The van der Waals surface area contributed by atoms with Gasteiger partial charge in [-0.25, -0.2) is 9.78 Å². The highest BCUT2D eigenvalue weighted by atomic mass is 35.5. The number of ether oxygens (including phenoxy) is 1. The van der Waals surface area contributed by atoms with Gasteiger partial charge in [-0.05, 0) is 12.0 Å². The van der Waals surface area contributed by atoms with Crippen molar-refractivity contribution in [2.75, 3.05) is 13.0 Å². The smallest absolute Gasteiger partial charge is 0.329 e. The first-order valence-corrected chi connectivity index (χ1v) is 7.08. The third-order valence-electron chi connectivity index (χ3n) is 3.24. The van der Waals surface area contributed by atoms with Gasteiger partial charge in [-0.3, -0.25) is 4.98 Å². The highest BCUT2D eigenvalue weighted by Gasteiger charge is 2.29. The molecule has 0 aliphatic carbocycles. The average Bonchev–Trinajstić information content (AvgIpc) is 2.77. The largest absolute Gasteiger partial charge is 0.467 e. The van der Waals surface area contributed by atoms with Gasteiger partial charge >= 0.3 is 5.97 Å². The Kier molecular flexibility index (Phi) is 4.60. The molecule has 20 heavy (non-hydrogen) atoms. The molecule has 5 nitrogen and oxygen atoms in total. The Hall–Kier alpha value is -1.62. The van der Waals surface area contributed by atoms with Gasteiger partial charge in [0.1, 0.15) is 17.4 Å². The van der Waals surface area contributed by atoms with E-state index in [4.69, 9.17) is 16.3 Å². The number of fused-ring (bicyclic) bond motifs is 1. The lowest BCUT2D eigenvalue weighted by Gasteiger charge is -2.22. The summed E-state index contributed by atoms with van der Waals surface area (Å²) in [6.45, 7) is 3.97. The number of rotatable bonds is 5. The molecule has 108 valence electrons. The van der Waals surface area contributed by atoms with Gasteiger partial charge in [-0.15, -0.1) is 11.6 Å². The van der Waals surface area contributed by atoms with Gasteiger partial charge in [0.2, 0.25) is 0 Å². The number of pyridine rings is 1. The SMILES string of the molecule is COC(=O)C(C(C)C)n1c(CCCl)nc2cnccc21. The molecule has 0 aliphatic heterocycles. The van der Waals surface area contributed by atoms with Crippen LogP contribution in [0.1, 0.15) is 25.7 Å². The van der Waals surface area contributed by atoms with Crippen molar-refractivity contribution in [2.24, 2.45) is 5.92 Å². The number of hydrogen-bond acceptors (Lipinski definition) is 4. The van der Waals surface area contributed by atoms with Crippen LogP contribution in [0.25, 0.3) is 11.0 Å². The lowest BCUT2D eigenvalue weighted by Crippen LogP contribution is -2.27. The van der Waals surface area contributed by atoms with Crippen molar-refractivity contribution < 1.29 is 9.53 Å². The molecule has 2 aromatic heterocycles. The Balaban J connectivity index is 2.64. The molecular weight excluding hydrogens is 278 g/mol. The molecule has 0 N–H and O–H groups in total. The molecule has 0 aromatic carbocycles. The molecular formula is C14H18ClN3O2. The maximum atomic E-state index is 12.1. The number of methoxy groups -OCH3 is 1. The highest BCUT2D eigenvalue weighted by molar-refractivity contribution is 6.17. The van der Waals surface area contributed by atoms with Crippen LogP contribution in [0.4, 0.5) is 0 Å². The van der Waals surface area contributed by atoms with Crippen molar-refractivity contribution in [3.8, 4) is 0 Å². The molecule has 6 heteroatoms. The quantitative estimate of drug-likeness (QED) is 0.628. The second-order valence-electron chi connectivity index (χ2n) is 4.91. The van der Waals surface area contributed by atoms with E-state index >= 15 is 0 Å². The fourth-order valence-electron chi connectivity index (χ4n) is 2.37. The van der Waals surface area contributed by atoms with E-state index in [1.165, 1.54) is 7.11 Å². The first kappa shape index (κ1) is 14.8. The van der Waals surface area contributed by atoms with Gasteiger partial charge in [-0.2, -0.15) is 0 Å². The number of nitrogens with zero attached hydrogens (tertiary/aromatic N) is 3. The van der Waals surface area contributed by atoms with E-state index < -0.39 is 6.04 Å². The summed E-state index contributed by atoms with van der Waals surface area (Å²) in [7, 11) is 1.40. The Bertz CT molecular complexity index is 609. The van der Waals surface area contributed by atoms with Crippen LogP contribution in [0.2, 0.25) is 0 Å². The number of halogens is 1. The molecule has 0 fully saturated rings. The Labute approximate surface area is 122 Å². The second kappa shape index (κ2) is 6.22. The van der Waals surface area contributed by atoms with Crippen LogP contribution in [-0.4, -0.2) is 33.5 Å². The molecule has 0 radical (unpaired) electrons. The van der Waals surface area contributed by atoms with Crippen LogP contribution in [0.5, 0.6) is 0 Å². The summed E-state index contributed by atoms with van der Waals surface area (Å²) >= 11 is 5.85. The van der Waals surface area contributed by atoms with E-state index in [0.29, 0.717) is 12.3 Å². The Morgan fingerprint density at radius 1 is 1.50 bits per heavy atom.